The molecule has 0 aromatic heterocycles. The number of methoxy groups -OCH3 is 1. The molecule has 104 valence electrons. The van der Waals surface area contributed by atoms with Gasteiger partial charge in [0.15, 0.2) is 0 Å². The minimum atomic E-state index is -0.238. The van der Waals surface area contributed by atoms with Crippen LogP contribution in [-0.4, -0.2) is 13.1 Å². The fourth-order valence-electron chi connectivity index (χ4n) is 1.72. The fraction of sp³-hybridized carbons (Fsp3) is 0.188. The molecular weight excluding hydrogens is 367 g/mol. The van der Waals surface area contributed by atoms with Gasteiger partial charge in [0, 0.05) is 9.13 Å². The number of carbonyl (C=O) groups excluding carboxylic acids is 1. The molecule has 0 aliphatic carbocycles. The SMILES string of the molecule is COC(=O)Cc1ccc(OCc2ccccc2I)cc1. The van der Waals surface area contributed by atoms with Crippen molar-refractivity contribution >= 4 is 28.6 Å². The lowest BCUT2D eigenvalue weighted by Crippen LogP contribution is -2.04. The summed E-state index contributed by atoms with van der Waals surface area (Å²) in [4.78, 5) is 11.2. The van der Waals surface area contributed by atoms with Gasteiger partial charge in [-0.05, 0) is 46.4 Å². The highest BCUT2D eigenvalue weighted by atomic mass is 127. The van der Waals surface area contributed by atoms with Gasteiger partial charge in [-0.2, -0.15) is 0 Å². The van der Waals surface area contributed by atoms with E-state index in [0.717, 1.165) is 16.9 Å². The number of rotatable bonds is 5. The molecule has 0 heterocycles. The average Bonchev–Trinajstić information content (AvgIpc) is 2.48. The van der Waals surface area contributed by atoms with Crippen molar-refractivity contribution in [1.82, 2.24) is 0 Å². The van der Waals surface area contributed by atoms with Crippen molar-refractivity contribution in [2.45, 2.75) is 13.0 Å². The molecule has 0 saturated heterocycles. The quantitative estimate of drug-likeness (QED) is 0.586. The van der Waals surface area contributed by atoms with Gasteiger partial charge in [-0.25, -0.2) is 0 Å². The molecule has 0 N–H and O–H groups in total. The maximum absolute atomic E-state index is 11.2. The zero-order valence-electron chi connectivity index (χ0n) is 11.1. The Bertz CT molecular complexity index is 579. The molecule has 20 heavy (non-hydrogen) atoms. The van der Waals surface area contributed by atoms with E-state index in [-0.39, 0.29) is 12.4 Å². The minimum Gasteiger partial charge on any atom is -0.489 e. The number of hydrogen-bond donors (Lipinski definition) is 0. The van der Waals surface area contributed by atoms with Gasteiger partial charge in [-0.15, -0.1) is 0 Å². The van der Waals surface area contributed by atoms with Gasteiger partial charge >= 0.3 is 5.97 Å². The summed E-state index contributed by atoms with van der Waals surface area (Å²) < 4.78 is 11.6. The van der Waals surface area contributed by atoms with Gasteiger partial charge in [-0.3, -0.25) is 4.79 Å². The number of halogens is 1. The zero-order valence-corrected chi connectivity index (χ0v) is 13.3. The molecular formula is C16H15IO3. The Kier molecular flexibility index (Phi) is 5.40. The molecule has 2 rings (SSSR count). The summed E-state index contributed by atoms with van der Waals surface area (Å²) in [7, 11) is 1.39. The summed E-state index contributed by atoms with van der Waals surface area (Å²) in [6.45, 7) is 0.537. The molecule has 2 aromatic rings. The van der Waals surface area contributed by atoms with E-state index in [4.69, 9.17) is 4.74 Å². The summed E-state index contributed by atoms with van der Waals surface area (Å²) in [5.41, 5.74) is 2.07. The first-order valence-corrected chi connectivity index (χ1v) is 7.29. The van der Waals surface area contributed by atoms with Crippen molar-refractivity contribution in [2.24, 2.45) is 0 Å². The van der Waals surface area contributed by atoms with Crippen LogP contribution in [0.25, 0.3) is 0 Å². The van der Waals surface area contributed by atoms with Crippen LogP contribution in [0.2, 0.25) is 0 Å². The van der Waals surface area contributed by atoms with Crippen LogP contribution >= 0.6 is 22.6 Å². The Balaban J connectivity index is 1.94. The monoisotopic (exact) mass is 382 g/mol. The van der Waals surface area contributed by atoms with Crippen molar-refractivity contribution in [3.05, 3.63) is 63.2 Å². The number of hydrogen-bond acceptors (Lipinski definition) is 3. The molecule has 0 unspecified atom stereocenters. The van der Waals surface area contributed by atoms with Crippen LogP contribution in [-0.2, 0) is 22.6 Å². The van der Waals surface area contributed by atoms with E-state index >= 15 is 0 Å². The maximum atomic E-state index is 11.2. The standard InChI is InChI=1S/C16H15IO3/c1-19-16(18)10-12-6-8-14(9-7-12)20-11-13-4-2-3-5-15(13)17/h2-9H,10-11H2,1H3. The Labute approximate surface area is 132 Å². The lowest BCUT2D eigenvalue weighted by atomic mass is 10.1. The van der Waals surface area contributed by atoms with E-state index in [2.05, 4.69) is 33.4 Å². The smallest absolute Gasteiger partial charge is 0.309 e. The molecule has 0 atom stereocenters. The topological polar surface area (TPSA) is 35.5 Å². The van der Waals surface area contributed by atoms with Crippen molar-refractivity contribution in [3.63, 3.8) is 0 Å². The molecule has 4 heteroatoms. The van der Waals surface area contributed by atoms with Crippen LogP contribution in [0.15, 0.2) is 48.5 Å². The first-order chi connectivity index (χ1) is 9.69. The van der Waals surface area contributed by atoms with Crippen LogP contribution in [0, 0.1) is 3.57 Å². The summed E-state index contributed by atoms with van der Waals surface area (Å²) in [6.07, 6.45) is 0.285. The molecule has 0 aliphatic rings. The molecule has 0 fully saturated rings. The Morgan fingerprint density at radius 1 is 1.10 bits per heavy atom. The van der Waals surface area contributed by atoms with Gasteiger partial charge in [0.25, 0.3) is 0 Å². The maximum Gasteiger partial charge on any atom is 0.309 e. The zero-order chi connectivity index (χ0) is 14.4. The Hall–Kier alpha value is -1.56. The molecule has 0 saturated carbocycles. The number of ether oxygens (including phenoxy) is 2. The summed E-state index contributed by atoms with van der Waals surface area (Å²) >= 11 is 2.29. The third kappa shape index (κ3) is 4.23. The third-order valence-electron chi connectivity index (χ3n) is 2.85. The first kappa shape index (κ1) is 14.8. The van der Waals surface area contributed by atoms with Gasteiger partial charge in [-0.1, -0.05) is 30.3 Å². The molecule has 0 aliphatic heterocycles. The van der Waals surface area contributed by atoms with Crippen LogP contribution in [0.5, 0.6) is 5.75 Å². The second-order valence-electron chi connectivity index (χ2n) is 4.28. The van der Waals surface area contributed by atoms with Gasteiger partial charge < -0.3 is 9.47 Å². The van der Waals surface area contributed by atoms with Crippen LogP contribution in [0.4, 0.5) is 0 Å². The highest BCUT2D eigenvalue weighted by Gasteiger charge is 2.04. The van der Waals surface area contributed by atoms with Crippen molar-refractivity contribution in [3.8, 4) is 5.75 Å². The molecule has 0 spiro atoms. The van der Waals surface area contributed by atoms with Crippen LogP contribution in [0.1, 0.15) is 11.1 Å². The van der Waals surface area contributed by atoms with Crippen LogP contribution in [0.3, 0.4) is 0 Å². The minimum absolute atomic E-state index is 0.238. The van der Waals surface area contributed by atoms with Gasteiger partial charge in [0.05, 0.1) is 13.5 Å². The normalized spacial score (nSPS) is 10.1. The van der Waals surface area contributed by atoms with E-state index in [1.165, 1.54) is 10.7 Å². The van der Waals surface area contributed by atoms with Gasteiger partial charge in [0.2, 0.25) is 0 Å². The predicted octanol–water partition coefficient (Wildman–Crippen LogP) is 3.59. The first-order valence-electron chi connectivity index (χ1n) is 6.21. The largest absolute Gasteiger partial charge is 0.489 e. The van der Waals surface area contributed by atoms with Crippen LogP contribution < -0.4 is 4.74 Å². The van der Waals surface area contributed by atoms with Crippen molar-refractivity contribution in [2.75, 3.05) is 7.11 Å². The lowest BCUT2D eigenvalue weighted by Gasteiger charge is -2.08. The molecule has 0 radical (unpaired) electrons. The van der Waals surface area contributed by atoms with E-state index in [1.54, 1.807) is 0 Å². The highest BCUT2D eigenvalue weighted by Crippen LogP contribution is 2.17. The van der Waals surface area contributed by atoms with Gasteiger partial charge in [0.1, 0.15) is 12.4 Å². The average molecular weight is 382 g/mol. The molecule has 0 amide bonds. The number of benzene rings is 2. The number of carbonyl (C=O) groups is 1. The third-order valence-corrected chi connectivity index (χ3v) is 3.90. The summed E-state index contributed by atoms with van der Waals surface area (Å²) in [6, 6.07) is 15.6. The predicted molar refractivity (Wildman–Crippen MR) is 85.7 cm³/mol. The lowest BCUT2D eigenvalue weighted by molar-refractivity contribution is -0.139. The Morgan fingerprint density at radius 3 is 2.45 bits per heavy atom. The second-order valence-corrected chi connectivity index (χ2v) is 5.44. The van der Waals surface area contributed by atoms with E-state index in [1.807, 2.05) is 42.5 Å². The number of esters is 1. The van der Waals surface area contributed by atoms with E-state index in [9.17, 15) is 4.79 Å². The summed E-state index contributed by atoms with van der Waals surface area (Å²) in [5, 5.41) is 0. The Morgan fingerprint density at radius 2 is 1.80 bits per heavy atom. The van der Waals surface area contributed by atoms with E-state index in [0.29, 0.717) is 6.61 Å². The van der Waals surface area contributed by atoms with Crippen molar-refractivity contribution < 1.29 is 14.3 Å². The fourth-order valence-corrected chi connectivity index (χ4v) is 2.26. The summed E-state index contributed by atoms with van der Waals surface area (Å²) in [5.74, 6) is 0.552. The second kappa shape index (κ2) is 7.28. The molecule has 3 nitrogen and oxygen atoms in total. The molecule has 0 bridgehead atoms. The van der Waals surface area contributed by atoms with E-state index < -0.39 is 0 Å². The highest BCUT2D eigenvalue weighted by molar-refractivity contribution is 14.1. The molecule has 2 aromatic carbocycles. The van der Waals surface area contributed by atoms with Crippen molar-refractivity contribution in [1.29, 1.82) is 0 Å².